The molecular weight excluding hydrogens is 709 g/mol. The molecule has 0 aromatic rings. The molecule has 0 aliphatic heterocycles. The van der Waals surface area contributed by atoms with Crippen LogP contribution in [-0.4, -0.2) is 70.7 Å². The largest absolute Gasteiger partial charge is 0.756 e. The molecular formula is C46H74NO7P. The Hall–Kier alpha value is -3.10. The number of carbonyl (C=O) groups is 1. The monoisotopic (exact) mass is 784 g/mol. The van der Waals surface area contributed by atoms with Gasteiger partial charge in [0, 0.05) is 6.61 Å². The molecule has 8 nitrogen and oxygen atoms in total. The van der Waals surface area contributed by atoms with Crippen LogP contribution in [0.4, 0.5) is 0 Å². The predicted octanol–water partition coefficient (Wildman–Crippen LogP) is 11.2. The van der Waals surface area contributed by atoms with Gasteiger partial charge in [0.25, 0.3) is 7.82 Å². The van der Waals surface area contributed by atoms with Crippen LogP contribution in [0.5, 0.6) is 0 Å². The van der Waals surface area contributed by atoms with E-state index >= 15 is 0 Å². The SMILES string of the molecule is CC/C=C\C/C=C\C/C=C\C/C=C\C/C=C\CCCCOCC(COP(=O)([O-])OCC[N+](C)(C)C)OC(=O)C/C=C\C/C=C\C/C=C\C/C=C\C/C=C\CC. The summed E-state index contributed by atoms with van der Waals surface area (Å²) in [6.45, 7) is 4.87. The molecule has 0 radical (unpaired) electrons. The van der Waals surface area contributed by atoms with Gasteiger partial charge in [-0.3, -0.25) is 9.36 Å². The van der Waals surface area contributed by atoms with Gasteiger partial charge in [0.15, 0.2) is 0 Å². The van der Waals surface area contributed by atoms with Gasteiger partial charge < -0.3 is 27.9 Å². The van der Waals surface area contributed by atoms with E-state index in [9.17, 15) is 14.3 Å². The summed E-state index contributed by atoms with van der Waals surface area (Å²) < 4.78 is 34.3. The van der Waals surface area contributed by atoms with Gasteiger partial charge in [0.1, 0.15) is 19.3 Å². The summed E-state index contributed by atoms with van der Waals surface area (Å²) in [7, 11) is 1.24. The number of hydrogen-bond donors (Lipinski definition) is 0. The molecule has 0 heterocycles. The highest BCUT2D eigenvalue weighted by molar-refractivity contribution is 7.45. The second-order valence-corrected chi connectivity index (χ2v) is 15.3. The molecule has 0 aliphatic rings. The van der Waals surface area contributed by atoms with Crippen LogP contribution < -0.4 is 4.89 Å². The van der Waals surface area contributed by atoms with Crippen molar-refractivity contribution in [2.24, 2.45) is 0 Å². The molecule has 2 unspecified atom stereocenters. The fraction of sp³-hybridized carbons (Fsp3) is 0.543. The fourth-order valence-electron chi connectivity index (χ4n) is 4.47. The molecule has 0 bridgehead atoms. The summed E-state index contributed by atoms with van der Waals surface area (Å²) in [6, 6.07) is 0. The number of esters is 1. The fourth-order valence-corrected chi connectivity index (χ4v) is 5.20. The third-order valence-corrected chi connectivity index (χ3v) is 8.51. The topological polar surface area (TPSA) is 94.1 Å². The first-order valence-corrected chi connectivity index (χ1v) is 21.7. The number of likely N-dealkylation sites (N-methyl/N-ethyl adjacent to an activating group) is 1. The maximum absolute atomic E-state index is 12.6. The second kappa shape index (κ2) is 37.8. The van der Waals surface area contributed by atoms with E-state index in [0.29, 0.717) is 24.1 Å². The summed E-state index contributed by atoms with van der Waals surface area (Å²) in [5.74, 6) is -0.483. The van der Waals surface area contributed by atoms with Crippen LogP contribution in [0.3, 0.4) is 0 Å². The van der Waals surface area contributed by atoms with Crippen LogP contribution in [0.1, 0.15) is 104 Å². The molecule has 2 atom stereocenters. The number of carbonyl (C=O) groups excluding carboxylic acids is 1. The number of quaternary nitrogens is 1. The van der Waals surface area contributed by atoms with Crippen molar-refractivity contribution in [3.8, 4) is 0 Å². The standard InChI is InChI=1S/C46H74NO7P/c1-6-8-10-12-14-16-18-20-22-23-24-26-28-30-32-34-36-38-41-51-43-45(44-53-55(49,50)52-42-40-47(3,4)5)54-46(48)39-37-35-33-31-29-27-25-21-19-17-15-13-11-9-7-2/h8-11,14-17,20-22,24-26,29-32,35,37,45H,6-7,12-13,18-19,23,27-28,33-34,36,38-44H2,1-5H3/b10-8-,11-9-,16-14-,17-15-,22-20-,25-21-,26-24-,31-29-,32-30-,37-35-. The van der Waals surface area contributed by atoms with Gasteiger partial charge >= 0.3 is 5.97 Å². The molecule has 9 heteroatoms. The molecule has 0 fully saturated rings. The lowest BCUT2D eigenvalue weighted by atomic mass is 10.2. The number of ether oxygens (including phenoxy) is 2. The zero-order valence-electron chi connectivity index (χ0n) is 34.8. The average molecular weight is 784 g/mol. The molecule has 0 spiro atoms. The Morgan fingerprint density at radius 2 is 0.982 bits per heavy atom. The summed E-state index contributed by atoms with van der Waals surface area (Å²) in [5, 5.41) is 0. The maximum atomic E-state index is 12.6. The lowest BCUT2D eigenvalue weighted by Crippen LogP contribution is -2.37. The molecule has 0 aliphatic carbocycles. The summed E-state index contributed by atoms with van der Waals surface area (Å²) >= 11 is 0. The Morgan fingerprint density at radius 1 is 0.564 bits per heavy atom. The van der Waals surface area contributed by atoms with Crippen molar-refractivity contribution in [3.05, 3.63) is 122 Å². The molecule has 0 aromatic heterocycles. The van der Waals surface area contributed by atoms with E-state index in [0.717, 1.165) is 77.0 Å². The number of nitrogens with zero attached hydrogens (tertiary/aromatic N) is 1. The lowest BCUT2D eigenvalue weighted by molar-refractivity contribution is -0.870. The molecule has 0 amide bonds. The highest BCUT2D eigenvalue weighted by Gasteiger charge is 2.20. The zero-order chi connectivity index (χ0) is 40.6. The van der Waals surface area contributed by atoms with Crippen LogP contribution in [0, 0.1) is 0 Å². The number of allylic oxidation sites excluding steroid dienone is 19. The van der Waals surface area contributed by atoms with Crippen molar-refractivity contribution >= 4 is 13.8 Å². The molecule has 0 rings (SSSR count). The number of unbranched alkanes of at least 4 members (excludes halogenated alkanes) is 2. The van der Waals surface area contributed by atoms with Crippen molar-refractivity contribution in [2.75, 3.05) is 54.1 Å². The minimum absolute atomic E-state index is 0.00675. The van der Waals surface area contributed by atoms with E-state index < -0.39 is 19.9 Å². The molecule has 0 saturated heterocycles. The van der Waals surface area contributed by atoms with Crippen LogP contribution in [0.2, 0.25) is 0 Å². The van der Waals surface area contributed by atoms with E-state index in [1.54, 1.807) is 6.08 Å². The Balaban J connectivity index is 4.53. The van der Waals surface area contributed by atoms with Gasteiger partial charge in [-0.1, -0.05) is 135 Å². The zero-order valence-corrected chi connectivity index (χ0v) is 35.7. The maximum Gasteiger partial charge on any atom is 0.310 e. The van der Waals surface area contributed by atoms with Crippen molar-refractivity contribution in [2.45, 2.75) is 110 Å². The highest BCUT2D eigenvalue weighted by Crippen LogP contribution is 2.38. The summed E-state index contributed by atoms with van der Waals surface area (Å²) in [6.07, 6.45) is 54.0. The first-order chi connectivity index (χ1) is 26.6. The molecule has 0 aromatic carbocycles. The second-order valence-electron chi connectivity index (χ2n) is 13.9. The Labute approximate surface area is 335 Å². The van der Waals surface area contributed by atoms with Crippen molar-refractivity contribution < 1.29 is 37.3 Å². The molecule has 0 N–H and O–H groups in total. The quantitative estimate of drug-likeness (QED) is 0.0208. The number of phosphoric ester groups is 1. The van der Waals surface area contributed by atoms with Gasteiger partial charge in [-0.25, -0.2) is 0 Å². The number of hydrogen-bond acceptors (Lipinski definition) is 7. The van der Waals surface area contributed by atoms with Crippen LogP contribution >= 0.6 is 7.82 Å². The van der Waals surface area contributed by atoms with E-state index in [4.69, 9.17) is 18.5 Å². The smallest absolute Gasteiger partial charge is 0.310 e. The first-order valence-electron chi connectivity index (χ1n) is 20.3. The average Bonchev–Trinajstić information content (AvgIpc) is 3.13. The van der Waals surface area contributed by atoms with Crippen molar-refractivity contribution in [1.29, 1.82) is 0 Å². The Morgan fingerprint density at radius 3 is 1.42 bits per heavy atom. The van der Waals surface area contributed by atoms with E-state index in [2.05, 4.69) is 117 Å². The summed E-state index contributed by atoms with van der Waals surface area (Å²) in [4.78, 5) is 24.9. The molecule has 55 heavy (non-hydrogen) atoms. The third-order valence-electron chi connectivity index (χ3n) is 7.54. The van der Waals surface area contributed by atoms with E-state index in [1.807, 2.05) is 33.3 Å². The van der Waals surface area contributed by atoms with Crippen LogP contribution in [0.25, 0.3) is 0 Å². The Kier molecular flexibility index (Phi) is 35.7. The normalized spacial score (nSPS) is 15.1. The van der Waals surface area contributed by atoms with Crippen LogP contribution in [0.15, 0.2) is 122 Å². The van der Waals surface area contributed by atoms with E-state index in [-0.39, 0.29) is 26.2 Å². The summed E-state index contributed by atoms with van der Waals surface area (Å²) in [5.41, 5.74) is 0. The van der Waals surface area contributed by atoms with Gasteiger partial charge in [0.05, 0.1) is 40.8 Å². The van der Waals surface area contributed by atoms with Crippen molar-refractivity contribution in [1.82, 2.24) is 0 Å². The predicted molar refractivity (Wildman–Crippen MR) is 230 cm³/mol. The van der Waals surface area contributed by atoms with Gasteiger partial charge in [-0.2, -0.15) is 0 Å². The highest BCUT2D eigenvalue weighted by atomic mass is 31.2. The number of rotatable bonds is 35. The Bertz CT molecular complexity index is 1280. The molecule has 310 valence electrons. The van der Waals surface area contributed by atoms with E-state index in [1.165, 1.54) is 0 Å². The molecule has 0 saturated carbocycles. The lowest BCUT2D eigenvalue weighted by Gasteiger charge is -2.28. The van der Waals surface area contributed by atoms with Gasteiger partial charge in [0.2, 0.25) is 0 Å². The third kappa shape index (κ3) is 41.9. The minimum Gasteiger partial charge on any atom is -0.756 e. The number of phosphoric acid groups is 1. The van der Waals surface area contributed by atoms with Gasteiger partial charge in [-0.15, -0.1) is 0 Å². The first kappa shape index (κ1) is 51.9. The minimum atomic E-state index is -4.57. The van der Waals surface area contributed by atoms with Crippen molar-refractivity contribution in [3.63, 3.8) is 0 Å². The van der Waals surface area contributed by atoms with Crippen LogP contribution in [-0.2, 0) is 27.9 Å². The van der Waals surface area contributed by atoms with Gasteiger partial charge in [-0.05, 0) is 83.5 Å².